The van der Waals surface area contributed by atoms with Crippen LogP contribution >= 0.6 is 0 Å². The smallest absolute Gasteiger partial charge is 0.217 e. The van der Waals surface area contributed by atoms with Crippen molar-refractivity contribution in [1.29, 1.82) is 0 Å². The van der Waals surface area contributed by atoms with E-state index in [2.05, 4.69) is 46.6 Å². The fraction of sp³-hybridized carbons (Fsp3) is 0.381. The quantitative estimate of drug-likeness (QED) is 0.833. The van der Waals surface area contributed by atoms with E-state index in [0.29, 0.717) is 5.92 Å². The lowest BCUT2D eigenvalue weighted by atomic mass is 9.88. The molecule has 0 spiro atoms. The number of piperidine rings is 1. The molecule has 4 heteroatoms. The van der Waals surface area contributed by atoms with Crippen LogP contribution in [0.25, 0.3) is 0 Å². The predicted octanol–water partition coefficient (Wildman–Crippen LogP) is 3.85. The minimum Gasteiger partial charge on any atom is -0.399 e. The van der Waals surface area contributed by atoms with Gasteiger partial charge in [0, 0.05) is 31.4 Å². The molecule has 2 aromatic rings. The number of rotatable bonds is 4. The van der Waals surface area contributed by atoms with Gasteiger partial charge in [0.1, 0.15) is 0 Å². The van der Waals surface area contributed by atoms with Gasteiger partial charge < -0.3 is 16.0 Å². The number of amides is 1. The van der Waals surface area contributed by atoms with Gasteiger partial charge in [0.15, 0.2) is 0 Å². The fourth-order valence-electron chi connectivity index (χ4n) is 3.60. The first-order valence-corrected chi connectivity index (χ1v) is 9.00. The van der Waals surface area contributed by atoms with Gasteiger partial charge >= 0.3 is 0 Å². The Morgan fingerprint density at radius 1 is 1.08 bits per heavy atom. The van der Waals surface area contributed by atoms with E-state index in [1.807, 2.05) is 19.1 Å². The maximum absolute atomic E-state index is 11.2. The zero-order valence-electron chi connectivity index (χ0n) is 15.0. The summed E-state index contributed by atoms with van der Waals surface area (Å²) in [7, 11) is 0. The van der Waals surface area contributed by atoms with E-state index < -0.39 is 0 Å². The second-order valence-electron chi connectivity index (χ2n) is 6.94. The average Bonchev–Trinajstić information content (AvgIpc) is 2.62. The number of nitrogens with one attached hydrogen (secondary N) is 1. The van der Waals surface area contributed by atoms with Crippen molar-refractivity contribution in [3.63, 3.8) is 0 Å². The molecule has 132 valence electrons. The second kappa shape index (κ2) is 7.60. The number of carbonyl (C=O) groups excluding carboxylic acids is 1. The van der Waals surface area contributed by atoms with Gasteiger partial charge in [0.05, 0.1) is 6.04 Å². The van der Waals surface area contributed by atoms with Crippen molar-refractivity contribution in [3.8, 4) is 0 Å². The third kappa shape index (κ3) is 4.32. The van der Waals surface area contributed by atoms with Gasteiger partial charge in [0.25, 0.3) is 0 Å². The van der Waals surface area contributed by atoms with Crippen LogP contribution in [0.5, 0.6) is 0 Å². The maximum Gasteiger partial charge on any atom is 0.217 e. The summed E-state index contributed by atoms with van der Waals surface area (Å²) in [6.45, 7) is 5.71. The van der Waals surface area contributed by atoms with Crippen LogP contribution in [0.15, 0.2) is 48.5 Å². The normalized spacial score (nSPS) is 16.5. The van der Waals surface area contributed by atoms with Crippen molar-refractivity contribution in [3.05, 3.63) is 59.7 Å². The number of anilines is 2. The lowest BCUT2D eigenvalue weighted by Gasteiger charge is -2.34. The van der Waals surface area contributed by atoms with Crippen molar-refractivity contribution in [2.45, 2.75) is 38.6 Å². The first-order valence-electron chi connectivity index (χ1n) is 9.00. The van der Waals surface area contributed by atoms with Gasteiger partial charge in [-0.3, -0.25) is 4.79 Å². The van der Waals surface area contributed by atoms with E-state index in [0.717, 1.165) is 37.2 Å². The Hall–Kier alpha value is -2.49. The number of nitrogens with two attached hydrogens (primary N) is 1. The molecule has 1 aliphatic rings. The van der Waals surface area contributed by atoms with Crippen LogP contribution in [0, 0.1) is 0 Å². The Bertz CT molecular complexity index is 701. The Morgan fingerprint density at radius 3 is 2.24 bits per heavy atom. The van der Waals surface area contributed by atoms with Crippen LogP contribution in [0.4, 0.5) is 11.4 Å². The van der Waals surface area contributed by atoms with Gasteiger partial charge in [-0.05, 0) is 61.1 Å². The molecule has 0 saturated carbocycles. The molecule has 2 aromatic carbocycles. The first-order chi connectivity index (χ1) is 12.0. The minimum atomic E-state index is 0.00613. The number of nitrogen functional groups attached to an aromatic ring is 1. The van der Waals surface area contributed by atoms with Crippen LogP contribution in [0.3, 0.4) is 0 Å². The number of hydrogen-bond donors (Lipinski definition) is 2. The molecule has 4 nitrogen and oxygen atoms in total. The highest BCUT2D eigenvalue weighted by atomic mass is 16.1. The Balaban J connectivity index is 1.59. The standard InChI is InChI=1S/C21H27N3O/c1-15(23-16(2)25)17-3-5-18(6-4-17)19-11-13-24(14-12-19)21-9-7-20(22)8-10-21/h3-10,15,19H,11-14,22H2,1-2H3,(H,23,25)/t15-/m0/s1. The monoisotopic (exact) mass is 337 g/mol. The molecule has 0 aromatic heterocycles. The summed E-state index contributed by atoms with van der Waals surface area (Å²) >= 11 is 0. The zero-order chi connectivity index (χ0) is 17.8. The molecule has 1 fully saturated rings. The molecule has 1 saturated heterocycles. The molecule has 3 N–H and O–H groups in total. The highest BCUT2D eigenvalue weighted by molar-refractivity contribution is 5.73. The summed E-state index contributed by atoms with van der Waals surface area (Å²) in [6, 6.07) is 16.9. The molecule has 0 bridgehead atoms. The topological polar surface area (TPSA) is 58.4 Å². The summed E-state index contributed by atoms with van der Waals surface area (Å²) in [5.41, 5.74) is 10.4. The average molecular weight is 337 g/mol. The third-order valence-corrected chi connectivity index (χ3v) is 5.08. The second-order valence-corrected chi connectivity index (χ2v) is 6.94. The molecule has 1 heterocycles. The molecule has 1 aliphatic heterocycles. The number of nitrogens with zero attached hydrogens (tertiary/aromatic N) is 1. The van der Waals surface area contributed by atoms with Gasteiger partial charge in [0.2, 0.25) is 5.91 Å². The van der Waals surface area contributed by atoms with Gasteiger partial charge in [-0.1, -0.05) is 24.3 Å². The summed E-state index contributed by atoms with van der Waals surface area (Å²) in [5.74, 6) is 0.613. The lowest BCUT2D eigenvalue weighted by molar-refractivity contribution is -0.119. The number of hydrogen-bond acceptors (Lipinski definition) is 3. The molecule has 1 amide bonds. The molecular formula is C21H27N3O. The van der Waals surface area contributed by atoms with Crippen molar-refractivity contribution in [2.75, 3.05) is 23.7 Å². The van der Waals surface area contributed by atoms with E-state index in [-0.39, 0.29) is 11.9 Å². The van der Waals surface area contributed by atoms with E-state index in [1.165, 1.54) is 11.3 Å². The Labute approximate surface area is 150 Å². The fourth-order valence-corrected chi connectivity index (χ4v) is 3.60. The summed E-state index contributed by atoms with van der Waals surface area (Å²) in [6.07, 6.45) is 2.32. The van der Waals surface area contributed by atoms with E-state index >= 15 is 0 Å². The van der Waals surface area contributed by atoms with Crippen LogP contribution in [-0.2, 0) is 4.79 Å². The molecular weight excluding hydrogens is 310 g/mol. The van der Waals surface area contributed by atoms with Crippen LogP contribution in [0.2, 0.25) is 0 Å². The Kier molecular flexibility index (Phi) is 5.27. The lowest BCUT2D eigenvalue weighted by Crippen LogP contribution is -2.32. The summed E-state index contributed by atoms with van der Waals surface area (Å²) in [5, 5.41) is 2.93. The maximum atomic E-state index is 11.2. The Morgan fingerprint density at radius 2 is 1.68 bits per heavy atom. The van der Waals surface area contributed by atoms with Crippen LogP contribution < -0.4 is 16.0 Å². The highest BCUT2D eigenvalue weighted by Gasteiger charge is 2.21. The van der Waals surface area contributed by atoms with Crippen molar-refractivity contribution in [2.24, 2.45) is 0 Å². The molecule has 25 heavy (non-hydrogen) atoms. The predicted molar refractivity (Wildman–Crippen MR) is 104 cm³/mol. The van der Waals surface area contributed by atoms with Gasteiger partial charge in [-0.15, -0.1) is 0 Å². The van der Waals surface area contributed by atoms with Gasteiger partial charge in [-0.2, -0.15) is 0 Å². The third-order valence-electron chi connectivity index (χ3n) is 5.08. The van der Waals surface area contributed by atoms with Crippen molar-refractivity contribution >= 4 is 17.3 Å². The summed E-state index contributed by atoms with van der Waals surface area (Å²) in [4.78, 5) is 13.6. The number of benzene rings is 2. The van der Waals surface area contributed by atoms with E-state index in [1.54, 1.807) is 6.92 Å². The van der Waals surface area contributed by atoms with Gasteiger partial charge in [-0.25, -0.2) is 0 Å². The molecule has 0 radical (unpaired) electrons. The number of carbonyl (C=O) groups is 1. The molecule has 3 rings (SSSR count). The molecule has 0 aliphatic carbocycles. The largest absolute Gasteiger partial charge is 0.399 e. The van der Waals surface area contributed by atoms with Crippen LogP contribution in [0.1, 0.15) is 49.8 Å². The highest BCUT2D eigenvalue weighted by Crippen LogP contribution is 2.31. The van der Waals surface area contributed by atoms with Crippen molar-refractivity contribution in [1.82, 2.24) is 5.32 Å². The van der Waals surface area contributed by atoms with Crippen LogP contribution in [-0.4, -0.2) is 19.0 Å². The van der Waals surface area contributed by atoms with Crippen molar-refractivity contribution < 1.29 is 4.79 Å². The van der Waals surface area contributed by atoms with E-state index in [4.69, 9.17) is 5.73 Å². The zero-order valence-corrected chi connectivity index (χ0v) is 15.0. The molecule has 0 unspecified atom stereocenters. The molecule has 1 atom stereocenters. The summed E-state index contributed by atoms with van der Waals surface area (Å²) < 4.78 is 0. The first kappa shape index (κ1) is 17.3. The minimum absolute atomic E-state index is 0.00613. The SMILES string of the molecule is CC(=O)N[C@@H](C)c1ccc(C2CCN(c3ccc(N)cc3)CC2)cc1. The van der Waals surface area contributed by atoms with E-state index in [9.17, 15) is 4.79 Å².